The number of rotatable bonds is 2. The molecular weight excluding hydrogens is 235 g/mol. The third-order valence-electron chi connectivity index (χ3n) is 3.13. The zero-order valence-electron chi connectivity index (χ0n) is 13.2. The van der Waals surface area contributed by atoms with E-state index in [1.54, 1.807) is 0 Å². The molecule has 1 aliphatic heterocycles. The largest absolute Gasteiger partial charge is 0.493 e. The number of hydrogen-bond donors (Lipinski definition) is 0. The fourth-order valence-corrected chi connectivity index (χ4v) is 1.92. The summed E-state index contributed by atoms with van der Waals surface area (Å²) in [4.78, 5) is 0. The Kier molecular flexibility index (Phi) is 6.09. The Hall–Kier alpha value is -0.795. The maximum Gasteiger partial charge on any atom is 0.493 e. The van der Waals surface area contributed by atoms with Crippen molar-refractivity contribution in [2.45, 2.75) is 47.5 Å². The van der Waals surface area contributed by atoms with Gasteiger partial charge in [-0.3, -0.25) is 0 Å². The van der Waals surface area contributed by atoms with Crippen LogP contribution in [0.1, 0.15) is 53.0 Å². The van der Waals surface area contributed by atoms with Crippen LogP contribution in [0.4, 0.5) is 0 Å². The van der Waals surface area contributed by atoms with Gasteiger partial charge in [-0.15, -0.1) is 0 Å². The van der Waals surface area contributed by atoms with Crippen molar-refractivity contribution < 1.29 is 9.31 Å². The highest BCUT2D eigenvalue weighted by Gasteiger charge is 2.33. The second kappa shape index (κ2) is 7.11. The summed E-state index contributed by atoms with van der Waals surface area (Å²) < 4.78 is 11.5. The minimum atomic E-state index is -0.191. The Morgan fingerprint density at radius 2 is 1.47 bits per heavy atom. The molecule has 0 aliphatic carbocycles. The minimum absolute atomic E-state index is 0.133. The van der Waals surface area contributed by atoms with Crippen molar-refractivity contribution in [1.29, 1.82) is 0 Å². The molecule has 0 aromatic heterocycles. The first-order valence-electron chi connectivity index (χ1n) is 7.31. The standard InChI is InChI=1S/C14H21BO2.C2H6/c1-11(2)12-5-7-13(8-6-12)15-16-9-14(3,4)10-17-15;1-2/h5-8,11H,9-10H2,1-4H3;1-2H3. The maximum atomic E-state index is 5.76. The smallest absolute Gasteiger partial charge is 0.407 e. The predicted octanol–water partition coefficient (Wildman–Crippen LogP) is 3.60. The highest BCUT2D eigenvalue weighted by Crippen LogP contribution is 2.21. The van der Waals surface area contributed by atoms with Gasteiger partial charge in [-0.25, -0.2) is 0 Å². The van der Waals surface area contributed by atoms with E-state index in [0.29, 0.717) is 5.92 Å². The molecule has 1 heterocycles. The third kappa shape index (κ3) is 4.66. The SMILES string of the molecule is CC.CC(C)c1ccc(B2OCC(C)(C)CO2)cc1. The molecule has 106 valence electrons. The summed E-state index contributed by atoms with van der Waals surface area (Å²) in [6.07, 6.45) is 0. The second-order valence-electron chi connectivity index (χ2n) is 5.94. The van der Waals surface area contributed by atoms with Crippen LogP contribution in [0.15, 0.2) is 24.3 Å². The Morgan fingerprint density at radius 3 is 1.89 bits per heavy atom. The summed E-state index contributed by atoms with van der Waals surface area (Å²) in [5.41, 5.74) is 2.60. The average molecular weight is 262 g/mol. The van der Waals surface area contributed by atoms with Crippen molar-refractivity contribution in [3.05, 3.63) is 29.8 Å². The minimum Gasteiger partial charge on any atom is -0.407 e. The molecule has 2 nitrogen and oxygen atoms in total. The molecule has 0 saturated carbocycles. The molecule has 2 rings (SSSR count). The molecule has 0 atom stereocenters. The van der Waals surface area contributed by atoms with Gasteiger partial charge in [0.1, 0.15) is 0 Å². The lowest BCUT2D eigenvalue weighted by atomic mass is 9.75. The summed E-state index contributed by atoms with van der Waals surface area (Å²) >= 11 is 0. The van der Waals surface area contributed by atoms with Crippen LogP contribution in [0, 0.1) is 5.41 Å². The highest BCUT2D eigenvalue weighted by molar-refractivity contribution is 6.61. The molecule has 1 fully saturated rings. The summed E-state index contributed by atoms with van der Waals surface area (Å²) in [7, 11) is -0.191. The van der Waals surface area contributed by atoms with Crippen LogP contribution >= 0.6 is 0 Å². The van der Waals surface area contributed by atoms with Gasteiger partial charge in [0, 0.05) is 18.6 Å². The summed E-state index contributed by atoms with van der Waals surface area (Å²) in [5.74, 6) is 0.566. The molecule has 0 amide bonds. The lowest BCUT2D eigenvalue weighted by molar-refractivity contribution is 0.0343. The van der Waals surface area contributed by atoms with Crippen LogP contribution in [0.5, 0.6) is 0 Å². The van der Waals surface area contributed by atoms with Crippen LogP contribution < -0.4 is 5.46 Å². The lowest BCUT2D eigenvalue weighted by Gasteiger charge is -2.33. The summed E-state index contributed by atoms with van der Waals surface area (Å²) in [6.45, 7) is 14.2. The Labute approximate surface area is 118 Å². The van der Waals surface area contributed by atoms with E-state index in [-0.39, 0.29) is 12.5 Å². The van der Waals surface area contributed by atoms with Crippen molar-refractivity contribution in [3.63, 3.8) is 0 Å². The van der Waals surface area contributed by atoms with E-state index in [1.165, 1.54) is 5.56 Å². The van der Waals surface area contributed by atoms with Crippen LogP contribution in [0.3, 0.4) is 0 Å². The van der Waals surface area contributed by atoms with Gasteiger partial charge in [0.25, 0.3) is 0 Å². The van der Waals surface area contributed by atoms with E-state index in [1.807, 2.05) is 13.8 Å². The van der Waals surface area contributed by atoms with Crippen LogP contribution in [0.25, 0.3) is 0 Å². The normalized spacial score (nSPS) is 17.9. The van der Waals surface area contributed by atoms with Crippen LogP contribution in [-0.2, 0) is 9.31 Å². The third-order valence-corrected chi connectivity index (χ3v) is 3.13. The number of benzene rings is 1. The van der Waals surface area contributed by atoms with Crippen molar-refractivity contribution in [1.82, 2.24) is 0 Å². The Morgan fingerprint density at radius 1 is 1.00 bits per heavy atom. The monoisotopic (exact) mass is 262 g/mol. The van der Waals surface area contributed by atoms with E-state index >= 15 is 0 Å². The summed E-state index contributed by atoms with van der Waals surface area (Å²) in [6, 6.07) is 8.54. The van der Waals surface area contributed by atoms with Gasteiger partial charge in [-0.2, -0.15) is 0 Å². The topological polar surface area (TPSA) is 18.5 Å². The molecule has 19 heavy (non-hydrogen) atoms. The van der Waals surface area contributed by atoms with Gasteiger partial charge in [0.15, 0.2) is 0 Å². The Balaban J connectivity index is 0.000000861. The molecule has 1 aromatic rings. The van der Waals surface area contributed by atoms with Crippen LogP contribution in [-0.4, -0.2) is 20.3 Å². The molecule has 1 aromatic carbocycles. The fraction of sp³-hybridized carbons (Fsp3) is 0.625. The molecule has 3 heteroatoms. The average Bonchev–Trinajstić information content (AvgIpc) is 2.41. The highest BCUT2D eigenvalue weighted by atomic mass is 16.6. The van der Waals surface area contributed by atoms with E-state index in [4.69, 9.17) is 9.31 Å². The van der Waals surface area contributed by atoms with Crippen molar-refractivity contribution in [2.75, 3.05) is 13.2 Å². The second-order valence-corrected chi connectivity index (χ2v) is 5.94. The van der Waals surface area contributed by atoms with Gasteiger partial charge in [0.05, 0.1) is 0 Å². The molecule has 0 bridgehead atoms. The fourth-order valence-electron chi connectivity index (χ4n) is 1.92. The summed E-state index contributed by atoms with van der Waals surface area (Å²) in [5, 5.41) is 0. The molecule has 0 N–H and O–H groups in total. The maximum absolute atomic E-state index is 5.76. The molecule has 0 radical (unpaired) electrons. The molecule has 0 spiro atoms. The first-order chi connectivity index (χ1) is 8.98. The predicted molar refractivity (Wildman–Crippen MR) is 83.0 cm³/mol. The van der Waals surface area contributed by atoms with Gasteiger partial charge in [-0.1, -0.05) is 65.8 Å². The van der Waals surface area contributed by atoms with Crippen molar-refractivity contribution in [2.24, 2.45) is 5.41 Å². The molecule has 1 saturated heterocycles. The van der Waals surface area contributed by atoms with E-state index in [9.17, 15) is 0 Å². The first kappa shape index (κ1) is 16.3. The number of hydrogen-bond acceptors (Lipinski definition) is 2. The van der Waals surface area contributed by atoms with Gasteiger partial charge >= 0.3 is 7.12 Å². The first-order valence-corrected chi connectivity index (χ1v) is 7.31. The molecular formula is C16H27BO2. The van der Waals surface area contributed by atoms with Gasteiger partial charge in [-0.05, 0) is 16.9 Å². The Bertz CT molecular complexity index is 361. The quantitative estimate of drug-likeness (QED) is 0.758. The lowest BCUT2D eigenvalue weighted by Crippen LogP contribution is -2.47. The van der Waals surface area contributed by atoms with E-state index in [0.717, 1.165) is 18.7 Å². The van der Waals surface area contributed by atoms with Gasteiger partial charge in [0.2, 0.25) is 0 Å². The van der Waals surface area contributed by atoms with E-state index in [2.05, 4.69) is 52.0 Å². The van der Waals surface area contributed by atoms with E-state index < -0.39 is 0 Å². The zero-order chi connectivity index (χ0) is 14.5. The molecule has 1 aliphatic rings. The van der Waals surface area contributed by atoms with Crippen LogP contribution in [0.2, 0.25) is 0 Å². The molecule has 0 unspecified atom stereocenters. The van der Waals surface area contributed by atoms with Gasteiger partial charge < -0.3 is 9.31 Å². The van der Waals surface area contributed by atoms with Crippen molar-refractivity contribution >= 4 is 12.6 Å². The zero-order valence-corrected chi connectivity index (χ0v) is 13.2. The van der Waals surface area contributed by atoms with Crippen molar-refractivity contribution in [3.8, 4) is 0 Å².